The van der Waals surface area contributed by atoms with Gasteiger partial charge in [-0.2, -0.15) is 5.10 Å². The van der Waals surface area contributed by atoms with Crippen LogP contribution in [0.1, 0.15) is 50.5 Å². The predicted molar refractivity (Wildman–Crippen MR) is 124 cm³/mol. The number of hydrazone groups is 1. The summed E-state index contributed by atoms with van der Waals surface area (Å²) in [5.41, 5.74) is 1.42. The summed E-state index contributed by atoms with van der Waals surface area (Å²) in [4.78, 5) is 25.5. The second-order valence-corrected chi connectivity index (χ2v) is 9.29. The van der Waals surface area contributed by atoms with E-state index >= 15 is 0 Å². The first-order valence-electron chi connectivity index (χ1n) is 10.5. The van der Waals surface area contributed by atoms with E-state index in [1.165, 1.54) is 16.8 Å². The molecule has 1 aliphatic rings. The van der Waals surface area contributed by atoms with Crippen molar-refractivity contribution in [3.8, 4) is 0 Å². The maximum atomic E-state index is 13.4. The highest BCUT2D eigenvalue weighted by molar-refractivity contribution is 8.00. The van der Waals surface area contributed by atoms with Gasteiger partial charge in [-0.1, -0.05) is 48.8 Å². The smallest absolute Gasteiger partial charge is 0.343 e. The van der Waals surface area contributed by atoms with Gasteiger partial charge in [0, 0.05) is 18.0 Å². The van der Waals surface area contributed by atoms with Gasteiger partial charge in [0.05, 0.1) is 17.2 Å². The van der Waals surface area contributed by atoms with Crippen LogP contribution in [-0.4, -0.2) is 36.6 Å². The Morgan fingerprint density at radius 2 is 2.12 bits per heavy atom. The third-order valence-corrected chi connectivity index (χ3v) is 6.60. The summed E-state index contributed by atoms with van der Waals surface area (Å²) in [6, 6.07) is 10.7. The molecule has 2 atom stereocenters. The summed E-state index contributed by atoms with van der Waals surface area (Å²) in [6.45, 7) is 4.42. The number of nitrogens with zero attached hydrogens (tertiary/aromatic N) is 4. The Bertz CT molecular complexity index is 1150. The van der Waals surface area contributed by atoms with E-state index in [0.29, 0.717) is 28.9 Å². The Kier molecular flexibility index (Phi) is 6.86. The van der Waals surface area contributed by atoms with Gasteiger partial charge >= 0.3 is 5.69 Å². The Morgan fingerprint density at radius 3 is 2.81 bits per heavy atom. The van der Waals surface area contributed by atoms with Crippen LogP contribution in [0, 0.1) is 0 Å². The number of benzene rings is 1. The van der Waals surface area contributed by atoms with Crippen LogP contribution in [0.3, 0.4) is 0 Å². The zero-order chi connectivity index (χ0) is 22.7. The molecule has 168 valence electrons. The van der Waals surface area contributed by atoms with Crippen molar-refractivity contribution in [1.29, 1.82) is 0 Å². The Labute approximate surface area is 194 Å². The molecule has 8 nitrogen and oxygen atoms in total. The number of H-pyrrole nitrogens is 1. The quantitative estimate of drug-likeness (QED) is 0.486. The van der Waals surface area contributed by atoms with E-state index in [4.69, 9.17) is 16.0 Å². The topological polar surface area (TPSA) is 96.5 Å². The Morgan fingerprint density at radius 1 is 1.34 bits per heavy atom. The molecule has 2 aromatic heterocycles. The van der Waals surface area contributed by atoms with Gasteiger partial charge < -0.3 is 4.42 Å². The van der Waals surface area contributed by atoms with Gasteiger partial charge in [-0.05, 0) is 43.2 Å². The van der Waals surface area contributed by atoms with Gasteiger partial charge in [-0.3, -0.25) is 9.36 Å². The fraction of sp³-hybridized carbons (Fsp3) is 0.364. The normalized spacial score (nSPS) is 16.9. The van der Waals surface area contributed by atoms with Gasteiger partial charge in [0.25, 0.3) is 5.91 Å². The second kappa shape index (κ2) is 9.79. The van der Waals surface area contributed by atoms with E-state index in [0.717, 1.165) is 24.1 Å². The molecule has 0 bridgehead atoms. The van der Waals surface area contributed by atoms with Gasteiger partial charge in [0.2, 0.25) is 0 Å². The van der Waals surface area contributed by atoms with Crippen molar-refractivity contribution in [2.75, 3.05) is 0 Å². The molecular weight excluding hydrogens is 450 g/mol. The first-order valence-corrected chi connectivity index (χ1v) is 11.8. The van der Waals surface area contributed by atoms with Crippen molar-refractivity contribution in [3.05, 3.63) is 69.5 Å². The zero-order valence-electron chi connectivity index (χ0n) is 17.8. The molecule has 0 spiro atoms. The van der Waals surface area contributed by atoms with Crippen LogP contribution in [0.4, 0.5) is 0 Å². The summed E-state index contributed by atoms with van der Waals surface area (Å²) in [5, 5.41) is 13.4. The standard InChI is InChI=1S/C22H24ClN5O3S/c1-3-4-11-27-21(30)24-25-22(27)32-14(2)20(29)28-18(19-6-5-12-31-19)13-17(26-28)15-7-9-16(23)10-8-15/h5-10,12,14,18H,3-4,11,13H2,1-2H3,(H,24,30). The number of unbranched alkanes of at least 4 members (excludes halogenated alkanes) is 1. The van der Waals surface area contributed by atoms with Crippen molar-refractivity contribution >= 4 is 35.0 Å². The number of hydrogen-bond donors (Lipinski definition) is 1. The van der Waals surface area contributed by atoms with Gasteiger partial charge in [-0.15, -0.1) is 5.10 Å². The number of amides is 1. The van der Waals surface area contributed by atoms with Crippen LogP contribution in [0.25, 0.3) is 0 Å². The van der Waals surface area contributed by atoms with E-state index in [9.17, 15) is 9.59 Å². The average Bonchev–Trinajstić information content (AvgIpc) is 3.53. The highest BCUT2D eigenvalue weighted by Gasteiger charge is 2.37. The molecule has 0 radical (unpaired) electrons. The van der Waals surface area contributed by atoms with Crippen LogP contribution in [0.5, 0.6) is 0 Å². The number of hydrogen-bond acceptors (Lipinski definition) is 6. The maximum absolute atomic E-state index is 13.4. The molecule has 1 aromatic carbocycles. The van der Waals surface area contributed by atoms with Gasteiger partial charge in [0.15, 0.2) is 5.16 Å². The number of halogens is 1. The Hall–Kier alpha value is -2.78. The summed E-state index contributed by atoms with van der Waals surface area (Å²) < 4.78 is 7.19. The largest absolute Gasteiger partial charge is 0.467 e. The molecule has 0 aliphatic carbocycles. The third kappa shape index (κ3) is 4.68. The van der Waals surface area contributed by atoms with Gasteiger partial charge in [0.1, 0.15) is 11.8 Å². The maximum Gasteiger partial charge on any atom is 0.343 e. The lowest BCUT2D eigenvalue weighted by atomic mass is 10.0. The van der Waals surface area contributed by atoms with Crippen LogP contribution < -0.4 is 5.69 Å². The lowest BCUT2D eigenvalue weighted by molar-refractivity contribution is -0.132. The van der Waals surface area contributed by atoms with Crippen molar-refractivity contribution in [3.63, 3.8) is 0 Å². The molecular formula is C22H24ClN5O3S. The number of carbonyl (C=O) groups is 1. The Balaban J connectivity index is 1.58. The molecule has 1 aliphatic heterocycles. The van der Waals surface area contributed by atoms with Crippen LogP contribution in [0.15, 0.2) is 62.1 Å². The van der Waals surface area contributed by atoms with E-state index in [1.807, 2.05) is 18.2 Å². The van der Waals surface area contributed by atoms with Crippen LogP contribution >= 0.6 is 23.4 Å². The van der Waals surface area contributed by atoms with Crippen LogP contribution in [-0.2, 0) is 11.3 Å². The van der Waals surface area contributed by atoms with Crippen LogP contribution in [0.2, 0.25) is 5.02 Å². The number of thioether (sulfide) groups is 1. The number of aromatic nitrogens is 3. The second-order valence-electron chi connectivity index (χ2n) is 7.55. The minimum atomic E-state index is -0.503. The summed E-state index contributed by atoms with van der Waals surface area (Å²) in [7, 11) is 0. The highest BCUT2D eigenvalue weighted by Crippen LogP contribution is 2.35. The summed E-state index contributed by atoms with van der Waals surface area (Å²) in [6.07, 6.45) is 3.93. The molecule has 3 heterocycles. The minimum absolute atomic E-state index is 0.183. The highest BCUT2D eigenvalue weighted by atomic mass is 35.5. The third-order valence-electron chi connectivity index (χ3n) is 5.27. The fourth-order valence-electron chi connectivity index (χ4n) is 3.53. The molecule has 0 fully saturated rings. The lowest BCUT2D eigenvalue weighted by Crippen LogP contribution is -2.33. The molecule has 0 saturated heterocycles. The first kappa shape index (κ1) is 22.4. The number of nitrogens with one attached hydrogen (secondary N) is 1. The van der Waals surface area contributed by atoms with E-state index in [-0.39, 0.29) is 17.6 Å². The molecule has 1 N–H and O–H groups in total. The molecule has 3 aromatic rings. The first-order chi connectivity index (χ1) is 15.5. The van der Waals surface area contributed by atoms with E-state index in [1.54, 1.807) is 36.0 Å². The van der Waals surface area contributed by atoms with Gasteiger partial charge in [-0.25, -0.2) is 14.9 Å². The SMILES string of the molecule is CCCCn1c(SC(C)C(=O)N2N=C(c3ccc(Cl)cc3)CC2c2ccco2)n[nH]c1=O. The number of aromatic amines is 1. The minimum Gasteiger partial charge on any atom is -0.467 e. The van der Waals surface area contributed by atoms with Crippen molar-refractivity contribution in [2.24, 2.45) is 5.10 Å². The molecule has 1 amide bonds. The monoisotopic (exact) mass is 473 g/mol. The predicted octanol–water partition coefficient (Wildman–Crippen LogP) is 4.48. The molecule has 0 saturated carbocycles. The molecule has 10 heteroatoms. The van der Waals surface area contributed by atoms with E-state index in [2.05, 4.69) is 22.2 Å². The summed E-state index contributed by atoms with van der Waals surface area (Å²) in [5.74, 6) is 0.487. The van der Waals surface area contributed by atoms with Crippen molar-refractivity contribution in [2.45, 2.75) is 56.1 Å². The average molecular weight is 474 g/mol. The molecule has 4 rings (SSSR count). The lowest BCUT2D eigenvalue weighted by Gasteiger charge is -2.22. The van der Waals surface area contributed by atoms with Crippen molar-refractivity contribution in [1.82, 2.24) is 19.8 Å². The van der Waals surface area contributed by atoms with E-state index < -0.39 is 5.25 Å². The summed E-state index contributed by atoms with van der Waals surface area (Å²) >= 11 is 7.26. The number of carbonyl (C=O) groups excluding carboxylic acids is 1. The number of furan rings is 1. The van der Waals surface area contributed by atoms with Crippen molar-refractivity contribution < 1.29 is 9.21 Å². The number of rotatable bonds is 8. The fourth-order valence-corrected chi connectivity index (χ4v) is 4.59. The zero-order valence-corrected chi connectivity index (χ0v) is 19.4. The molecule has 32 heavy (non-hydrogen) atoms. The molecule has 2 unspecified atom stereocenters.